The van der Waals surface area contributed by atoms with Gasteiger partial charge in [0.15, 0.2) is 11.6 Å². The van der Waals surface area contributed by atoms with Gasteiger partial charge in [0.05, 0.1) is 4.47 Å². The van der Waals surface area contributed by atoms with Crippen LogP contribution in [0.15, 0.2) is 69.5 Å². The number of carboxylic acids is 1. The summed E-state index contributed by atoms with van der Waals surface area (Å²) in [6.07, 6.45) is 3.46. The normalized spacial score (nSPS) is 18.3. The molecule has 186 valence electrons. The molecule has 2 aromatic carbocycles. The first-order chi connectivity index (χ1) is 17.3. The van der Waals surface area contributed by atoms with E-state index in [1.54, 1.807) is 4.90 Å². The number of Topliss-reactive ketones (excluding diaryl/α,β-unsaturated/α-hetero) is 2. The number of ketones is 2. The Hall–Kier alpha value is -3.19. The van der Waals surface area contributed by atoms with Crippen molar-refractivity contribution in [1.29, 1.82) is 0 Å². The summed E-state index contributed by atoms with van der Waals surface area (Å²) in [6.45, 7) is 2.23. The van der Waals surface area contributed by atoms with Crippen LogP contribution in [0.25, 0.3) is 0 Å². The van der Waals surface area contributed by atoms with Crippen LogP contribution in [-0.4, -0.2) is 34.1 Å². The number of aliphatic carboxylic acids is 1. The Morgan fingerprint density at radius 1 is 0.972 bits per heavy atom. The summed E-state index contributed by atoms with van der Waals surface area (Å²) in [5.74, 6) is -0.783. The molecular weight excluding hydrogens is 522 g/mol. The fourth-order valence-electron chi connectivity index (χ4n) is 5.54. The molecule has 1 heterocycles. The molecule has 0 fully saturated rings. The first kappa shape index (κ1) is 24.5. The first-order valence-electron chi connectivity index (χ1n) is 12.3. The smallest absolute Gasteiger partial charge is 0.323 e. The number of nitrogens with zero attached hydrogens (tertiary/aromatic N) is 1. The number of carboxylic acid groups (broad SMARTS) is 1. The maximum Gasteiger partial charge on any atom is 0.323 e. The van der Waals surface area contributed by atoms with Crippen LogP contribution in [0.5, 0.6) is 5.75 Å². The van der Waals surface area contributed by atoms with E-state index in [4.69, 9.17) is 4.74 Å². The van der Waals surface area contributed by atoms with Crippen molar-refractivity contribution in [2.75, 3.05) is 6.54 Å². The molecule has 1 aliphatic heterocycles. The molecule has 7 heteroatoms. The minimum Gasteiger partial charge on any atom is -0.488 e. The predicted molar refractivity (Wildman–Crippen MR) is 139 cm³/mol. The van der Waals surface area contributed by atoms with Crippen molar-refractivity contribution < 1.29 is 24.2 Å². The Labute approximate surface area is 218 Å². The zero-order valence-corrected chi connectivity index (χ0v) is 21.8. The molecule has 0 saturated heterocycles. The highest BCUT2D eigenvalue weighted by Crippen LogP contribution is 2.49. The zero-order chi connectivity index (χ0) is 25.4. The summed E-state index contributed by atoms with van der Waals surface area (Å²) in [5, 5.41) is 9.60. The Balaban J connectivity index is 1.53. The van der Waals surface area contributed by atoms with Crippen LogP contribution in [0.1, 0.15) is 61.1 Å². The third-order valence-corrected chi connectivity index (χ3v) is 7.80. The lowest BCUT2D eigenvalue weighted by molar-refractivity contribution is -0.138. The topological polar surface area (TPSA) is 83.9 Å². The maximum atomic E-state index is 13.3. The number of hydrogen-bond acceptors (Lipinski definition) is 5. The van der Waals surface area contributed by atoms with Gasteiger partial charge in [-0.2, -0.15) is 0 Å². The van der Waals surface area contributed by atoms with E-state index in [0.717, 1.165) is 27.0 Å². The maximum absolute atomic E-state index is 13.3. The van der Waals surface area contributed by atoms with Gasteiger partial charge in [-0.3, -0.25) is 14.4 Å². The van der Waals surface area contributed by atoms with Crippen molar-refractivity contribution in [3.05, 3.63) is 86.2 Å². The number of allylic oxidation sites excluding steroid dienone is 4. The molecule has 0 saturated carbocycles. The monoisotopic (exact) mass is 549 g/mol. The molecule has 0 radical (unpaired) electrons. The second kappa shape index (κ2) is 10.1. The molecule has 36 heavy (non-hydrogen) atoms. The van der Waals surface area contributed by atoms with E-state index < -0.39 is 11.9 Å². The van der Waals surface area contributed by atoms with Crippen molar-refractivity contribution in [2.24, 2.45) is 0 Å². The van der Waals surface area contributed by atoms with Crippen molar-refractivity contribution in [1.82, 2.24) is 4.90 Å². The second-order valence-electron chi connectivity index (χ2n) is 9.65. The lowest BCUT2D eigenvalue weighted by Gasteiger charge is -2.43. The van der Waals surface area contributed by atoms with E-state index in [-0.39, 0.29) is 18.1 Å². The molecule has 2 aromatic rings. The van der Waals surface area contributed by atoms with Crippen molar-refractivity contribution in [3.63, 3.8) is 0 Å². The average Bonchev–Trinajstić information content (AvgIpc) is 2.85. The van der Waals surface area contributed by atoms with Gasteiger partial charge in [-0.25, -0.2) is 0 Å². The summed E-state index contributed by atoms with van der Waals surface area (Å²) < 4.78 is 6.79. The molecule has 0 unspecified atom stereocenters. The van der Waals surface area contributed by atoms with Crippen molar-refractivity contribution >= 4 is 33.5 Å². The fourth-order valence-corrected chi connectivity index (χ4v) is 6.05. The Morgan fingerprint density at radius 2 is 1.58 bits per heavy atom. The minimum atomic E-state index is -0.971. The highest BCUT2D eigenvalue weighted by atomic mass is 79.9. The fraction of sp³-hybridized carbons (Fsp3) is 0.345. The highest BCUT2D eigenvalue weighted by Gasteiger charge is 2.43. The van der Waals surface area contributed by atoms with E-state index in [1.807, 2.05) is 49.4 Å². The first-order valence-corrected chi connectivity index (χ1v) is 13.1. The molecule has 0 amide bonds. The largest absolute Gasteiger partial charge is 0.488 e. The number of carbonyl (C=O) groups excluding carboxylic acids is 2. The van der Waals surface area contributed by atoms with Crippen LogP contribution in [0.2, 0.25) is 0 Å². The van der Waals surface area contributed by atoms with Gasteiger partial charge < -0.3 is 14.7 Å². The lowest BCUT2D eigenvalue weighted by atomic mass is 9.71. The number of rotatable bonds is 6. The summed E-state index contributed by atoms with van der Waals surface area (Å²) in [4.78, 5) is 40.0. The summed E-state index contributed by atoms with van der Waals surface area (Å²) >= 11 is 3.63. The van der Waals surface area contributed by atoms with E-state index in [9.17, 15) is 19.5 Å². The van der Waals surface area contributed by atoms with E-state index in [0.29, 0.717) is 62.0 Å². The van der Waals surface area contributed by atoms with Gasteiger partial charge in [-0.15, -0.1) is 0 Å². The molecule has 1 N–H and O–H groups in total. The number of carbonyl (C=O) groups is 3. The average molecular weight is 550 g/mol. The highest BCUT2D eigenvalue weighted by molar-refractivity contribution is 9.10. The Bertz CT molecular complexity index is 1260. The molecular formula is C29H28BrNO5. The summed E-state index contributed by atoms with van der Waals surface area (Å²) in [5.41, 5.74) is 5.78. The van der Waals surface area contributed by atoms with Crippen LogP contribution >= 0.6 is 15.9 Å². The van der Waals surface area contributed by atoms with Gasteiger partial charge in [0.2, 0.25) is 0 Å². The predicted octanol–water partition coefficient (Wildman–Crippen LogP) is 5.83. The zero-order valence-electron chi connectivity index (χ0n) is 20.2. The molecule has 0 aromatic heterocycles. The van der Waals surface area contributed by atoms with Gasteiger partial charge in [-0.1, -0.05) is 35.9 Å². The van der Waals surface area contributed by atoms with Gasteiger partial charge in [0.25, 0.3) is 0 Å². The number of aryl methyl sites for hydroxylation is 1. The SMILES string of the molecule is Cc1ccc(COc2ccc(C3C4=C(CCCC4=O)N(CC(=O)O)C4=C3C(=O)CCC4)cc2Br)cc1. The van der Waals surface area contributed by atoms with Crippen LogP contribution in [0.3, 0.4) is 0 Å². The lowest BCUT2D eigenvalue weighted by Crippen LogP contribution is -2.41. The second-order valence-corrected chi connectivity index (χ2v) is 10.5. The summed E-state index contributed by atoms with van der Waals surface area (Å²) in [7, 11) is 0. The number of hydrogen-bond donors (Lipinski definition) is 1. The van der Waals surface area contributed by atoms with Crippen LogP contribution in [0, 0.1) is 6.92 Å². The molecule has 0 atom stereocenters. The van der Waals surface area contributed by atoms with Crippen LogP contribution in [0.4, 0.5) is 0 Å². The third-order valence-electron chi connectivity index (χ3n) is 7.18. The van der Waals surface area contributed by atoms with Gasteiger partial charge >= 0.3 is 5.97 Å². The van der Waals surface area contributed by atoms with Crippen LogP contribution in [-0.2, 0) is 21.0 Å². The van der Waals surface area contributed by atoms with E-state index >= 15 is 0 Å². The quantitative estimate of drug-likeness (QED) is 0.487. The Kier molecular flexibility index (Phi) is 6.84. The molecule has 6 nitrogen and oxygen atoms in total. The van der Waals surface area contributed by atoms with Crippen LogP contribution < -0.4 is 4.74 Å². The molecule has 3 aliphatic rings. The molecule has 0 spiro atoms. The van der Waals surface area contributed by atoms with E-state index in [1.165, 1.54) is 5.56 Å². The van der Waals surface area contributed by atoms with E-state index in [2.05, 4.69) is 15.9 Å². The van der Waals surface area contributed by atoms with Crippen molar-refractivity contribution in [3.8, 4) is 5.75 Å². The number of benzene rings is 2. The standard InChI is InChI=1S/C29H28BrNO5/c1-17-8-10-18(11-9-17)16-36-25-13-12-19(14-20(25)30)27-28-21(4-2-6-23(28)32)31(15-26(34)35)22-5-3-7-24(33)29(22)27/h8-14,27H,2-7,15-16H2,1H3,(H,34,35). The van der Waals surface area contributed by atoms with Gasteiger partial charge in [0.1, 0.15) is 18.9 Å². The third kappa shape index (κ3) is 4.64. The summed E-state index contributed by atoms with van der Waals surface area (Å²) in [6, 6.07) is 13.9. The number of halogens is 1. The minimum absolute atomic E-state index is 0.00242. The van der Waals surface area contributed by atoms with Crippen molar-refractivity contribution in [2.45, 2.75) is 58.0 Å². The molecule has 0 bridgehead atoms. The molecule has 2 aliphatic carbocycles. The number of ether oxygens (including phenoxy) is 1. The Morgan fingerprint density at radius 3 is 2.14 bits per heavy atom. The van der Waals surface area contributed by atoms with Gasteiger partial charge in [0, 0.05) is 41.3 Å². The molecule has 5 rings (SSSR count). The van der Waals surface area contributed by atoms with Gasteiger partial charge in [-0.05, 0) is 71.8 Å².